The number of hydrogen-bond donors (Lipinski definition) is 3. The quantitative estimate of drug-likeness (QED) is 0.671. The van der Waals surface area contributed by atoms with Gasteiger partial charge in [0.2, 0.25) is 11.8 Å². The number of hydrogen-bond acceptors (Lipinski definition) is 5. The summed E-state index contributed by atoms with van der Waals surface area (Å²) >= 11 is 0. The Balaban J connectivity index is 1.26. The van der Waals surface area contributed by atoms with E-state index >= 15 is 0 Å². The normalized spacial score (nSPS) is 28.4. The minimum atomic E-state index is -0.554. The first kappa shape index (κ1) is 17.8. The molecule has 1 spiro atoms. The second-order valence-electron chi connectivity index (χ2n) is 8.55. The largest absolute Gasteiger partial charge is 0.322 e. The zero-order valence-electron chi connectivity index (χ0n) is 15.9. The van der Waals surface area contributed by atoms with E-state index in [1.165, 1.54) is 25.7 Å². The lowest BCUT2D eigenvalue weighted by atomic mass is 9.95. The highest BCUT2D eigenvalue weighted by atomic mass is 16.2. The minimum absolute atomic E-state index is 0.113. The fourth-order valence-electron chi connectivity index (χ4n) is 4.98. The second-order valence-corrected chi connectivity index (χ2v) is 8.55. The summed E-state index contributed by atoms with van der Waals surface area (Å²) in [6.07, 6.45) is 5.60. The number of rotatable bonds is 4. The Morgan fingerprint density at radius 1 is 1.18 bits per heavy atom. The summed E-state index contributed by atoms with van der Waals surface area (Å²) in [6, 6.07) is 5.93. The van der Waals surface area contributed by atoms with Gasteiger partial charge in [0, 0.05) is 36.7 Å². The molecular weight excluding hydrogens is 356 g/mol. The third-order valence-electron chi connectivity index (χ3n) is 6.74. The molecule has 3 fully saturated rings. The highest BCUT2D eigenvalue weighted by molar-refractivity contribution is 6.05. The minimum Gasteiger partial charge on any atom is -0.322 e. The third-order valence-corrected chi connectivity index (χ3v) is 6.74. The highest BCUT2D eigenvalue weighted by Gasteiger charge is 2.50. The Kier molecular flexibility index (Phi) is 4.25. The van der Waals surface area contributed by atoms with Crippen LogP contribution in [0.2, 0.25) is 0 Å². The van der Waals surface area contributed by atoms with Crippen molar-refractivity contribution in [2.24, 2.45) is 0 Å². The SMILES string of the molecule is O=C1CCC(N2Cc3cc(CNC4CCCNC45CC5)ccc3C2=O)C(=O)N1. The van der Waals surface area contributed by atoms with E-state index in [1.807, 2.05) is 12.1 Å². The van der Waals surface area contributed by atoms with Gasteiger partial charge in [-0.05, 0) is 55.8 Å². The average molecular weight is 382 g/mol. The Bertz CT molecular complexity index is 848. The van der Waals surface area contributed by atoms with E-state index in [4.69, 9.17) is 0 Å². The smallest absolute Gasteiger partial charge is 0.255 e. The maximum absolute atomic E-state index is 12.8. The Morgan fingerprint density at radius 3 is 2.82 bits per heavy atom. The van der Waals surface area contributed by atoms with E-state index in [0.29, 0.717) is 30.1 Å². The molecule has 1 aromatic carbocycles. The van der Waals surface area contributed by atoms with Gasteiger partial charge in [0.05, 0.1) is 0 Å². The van der Waals surface area contributed by atoms with E-state index in [0.717, 1.165) is 24.2 Å². The highest BCUT2D eigenvalue weighted by Crippen LogP contribution is 2.42. The van der Waals surface area contributed by atoms with Crippen LogP contribution in [0.15, 0.2) is 18.2 Å². The number of piperidine rings is 2. The second kappa shape index (κ2) is 6.67. The molecule has 0 radical (unpaired) electrons. The average Bonchev–Trinajstić information content (AvgIpc) is 3.38. The lowest BCUT2D eigenvalue weighted by Crippen LogP contribution is -2.53. The van der Waals surface area contributed by atoms with Crippen LogP contribution >= 0.6 is 0 Å². The molecule has 5 rings (SSSR count). The number of fused-ring (bicyclic) bond motifs is 1. The van der Waals surface area contributed by atoms with Gasteiger partial charge in [-0.25, -0.2) is 0 Å². The summed E-state index contributed by atoms with van der Waals surface area (Å²) in [5.41, 5.74) is 3.12. The lowest BCUT2D eigenvalue weighted by molar-refractivity contribution is -0.136. The first-order chi connectivity index (χ1) is 13.6. The zero-order valence-corrected chi connectivity index (χ0v) is 15.9. The molecule has 1 aromatic rings. The fraction of sp³-hybridized carbons (Fsp3) is 0.571. The maximum atomic E-state index is 12.8. The summed E-state index contributed by atoms with van der Waals surface area (Å²) in [5.74, 6) is -0.736. The predicted molar refractivity (Wildman–Crippen MR) is 102 cm³/mol. The van der Waals surface area contributed by atoms with Crippen molar-refractivity contribution in [2.75, 3.05) is 6.54 Å². The number of benzene rings is 1. The van der Waals surface area contributed by atoms with Crippen LogP contribution in [0.4, 0.5) is 0 Å². The molecule has 28 heavy (non-hydrogen) atoms. The monoisotopic (exact) mass is 382 g/mol. The summed E-state index contributed by atoms with van der Waals surface area (Å²) in [6.45, 7) is 2.34. The summed E-state index contributed by atoms with van der Waals surface area (Å²) in [4.78, 5) is 37.9. The van der Waals surface area contributed by atoms with Crippen molar-refractivity contribution in [2.45, 2.75) is 69.2 Å². The van der Waals surface area contributed by atoms with E-state index in [2.05, 4.69) is 22.0 Å². The Hall–Kier alpha value is -2.25. The molecule has 7 nitrogen and oxygen atoms in total. The summed E-state index contributed by atoms with van der Waals surface area (Å²) < 4.78 is 0. The van der Waals surface area contributed by atoms with Gasteiger partial charge in [-0.1, -0.05) is 12.1 Å². The molecule has 7 heteroatoms. The molecule has 3 N–H and O–H groups in total. The van der Waals surface area contributed by atoms with Gasteiger partial charge in [-0.3, -0.25) is 19.7 Å². The van der Waals surface area contributed by atoms with Crippen molar-refractivity contribution < 1.29 is 14.4 Å². The Morgan fingerprint density at radius 2 is 2.04 bits per heavy atom. The topological polar surface area (TPSA) is 90.5 Å². The van der Waals surface area contributed by atoms with Crippen LogP contribution in [0, 0.1) is 0 Å². The molecular formula is C21H26N4O3. The maximum Gasteiger partial charge on any atom is 0.255 e. The Labute approximate surface area is 164 Å². The van der Waals surface area contributed by atoms with Crippen LogP contribution in [0.5, 0.6) is 0 Å². The van der Waals surface area contributed by atoms with Crippen molar-refractivity contribution in [3.05, 3.63) is 34.9 Å². The van der Waals surface area contributed by atoms with Gasteiger partial charge in [0.25, 0.3) is 5.91 Å². The van der Waals surface area contributed by atoms with Gasteiger partial charge in [0.15, 0.2) is 0 Å². The van der Waals surface area contributed by atoms with Crippen molar-refractivity contribution in [1.82, 2.24) is 20.9 Å². The third kappa shape index (κ3) is 3.02. The number of amides is 3. The molecule has 3 aliphatic heterocycles. The standard InChI is InChI=1S/C21H26N4O3/c26-18-6-5-16(19(27)24-18)25-12-14-10-13(3-4-15(14)20(25)28)11-22-17-2-1-9-23-21(17)7-8-21/h3-4,10,16-17,22-23H,1-2,5-9,11-12H2,(H,24,26,27). The van der Waals surface area contributed by atoms with Crippen LogP contribution in [0.25, 0.3) is 0 Å². The number of imide groups is 1. The lowest BCUT2D eigenvalue weighted by Gasteiger charge is -2.34. The fourth-order valence-corrected chi connectivity index (χ4v) is 4.98. The zero-order chi connectivity index (χ0) is 19.3. The number of nitrogens with one attached hydrogen (secondary N) is 3. The molecule has 1 saturated carbocycles. The number of nitrogens with zero attached hydrogens (tertiary/aromatic N) is 1. The van der Waals surface area contributed by atoms with Crippen molar-refractivity contribution in [3.63, 3.8) is 0 Å². The molecule has 2 saturated heterocycles. The molecule has 148 valence electrons. The van der Waals surface area contributed by atoms with Crippen molar-refractivity contribution in [1.29, 1.82) is 0 Å². The van der Waals surface area contributed by atoms with E-state index in [9.17, 15) is 14.4 Å². The first-order valence-corrected chi connectivity index (χ1v) is 10.3. The molecule has 4 aliphatic rings. The molecule has 0 aromatic heterocycles. The van der Waals surface area contributed by atoms with Crippen molar-refractivity contribution >= 4 is 17.7 Å². The summed E-state index contributed by atoms with van der Waals surface area (Å²) in [7, 11) is 0. The predicted octanol–water partition coefficient (Wildman–Crippen LogP) is 0.822. The van der Waals surface area contributed by atoms with Crippen LogP contribution in [-0.4, -0.2) is 46.8 Å². The molecule has 1 aliphatic carbocycles. The van der Waals surface area contributed by atoms with Gasteiger partial charge < -0.3 is 15.5 Å². The molecule has 2 unspecified atom stereocenters. The van der Waals surface area contributed by atoms with E-state index < -0.39 is 6.04 Å². The molecule has 3 heterocycles. The van der Waals surface area contributed by atoms with Crippen LogP contribution in [0.1, 0.15) is 60.0 Å². The number of carbonyl (C=O) groups excluding carboxylic acids is 3. The van der Waals surface area contributed by atoms with Gasteiger partial charge in [-0.15, -0.1) is 0 Å². The molecule has 0 bridgehead atoms. The molecule has 2 atom stereocenters. The van der Waals surface area contributed by atoms with Crippen molar-refractivity contribution in [3.8, 4) is 0 Å². The number of carbonyl (C=O) groups is 3. The van der Waals surface area contributed by atoms with Crippen LogP contribution < -0.4 is 16.0 Å². The van der Waals surface area contributed by atoms with Gasteiger partial charge in [0.1, 0.15) is 6.04 Å². The van der Waals surface area contributed by atoms with E-state index in [-0.39, 0.29) is 24.1 Å². The van der Waals surface area contributed by atoms with E-state index in [1.54, 1.807) is 4.90 Å². The molecule has 3 amide bonds. The van der Waals surface area contributed by atoms with Crippen LogP contribution in [-0.2, 0) is 22.7 Å². The first-order valence-electron chi connectivity index (χ1n) is 10.3. The van der Waals surface area contributed by atoms with Gasteiger partial charge in [-0.2, -0.15) is 0 Å². The van der Waals surface area contributed by atoms with Gasteiger partial charge >= 0.3 is 0 Å². The van der Waals surface area contributed by atoms with Crippen LogP contribution in [0.3, 0.4) is 0 Å². The summed E-state index contributed by atoms with van der Waals surface area (Å²) in [5, 5.41) is 9.74.